The van der Waals surface area contributed by atoms with E-state index >= 15 is 0 Å². The smallest absolute Gasteiger partial charge is 0.258 e. The van der Waals surface area contributed by atoms with Crippen LogP contribution in [0.4, 0.5) is 8.78 Å². The quantitative estimate of drug-likeness (QED) is 0.524. The second-order valence-electron chi connectivity index (χ2n) is 8.86. The second kappa shape index (κ2) is 9.76. The van der Waals surface area contributed by atoms with Crippen LogP contribution in [-0.4, -0.2) is 47.3 Å². The molecule has 2 aromatic carbocycles. The van der Waals surface area contributed by atoms with Crippen molar-refractivity contribution in [2.24, 2.45) is 0 Å². The fraction of sp³-hybridized carbons (Fsp3) is 0.417. The zero-order chi connectivity index (χ0) is 24.3. The predicted molar refractivity (Wildman–Crippen MR) is 120 cm³/mol. The molecule has 3 aliphatic rings. The van der Waals surface area contributed by atoms with Gasteiger partial charge in [0.05, 0.1) is 16.7 Å². The largest absolute Gasteiger partial charge is 0.484 e. The number of carbonyl (C=O) groups excluding carboxylic acids is 2. The van der Waals surface area contributed by atoms with Gasteiger partial charge in [-0.25, -0.2) is 8.78 Å². The molecule has 0 heterocycles. The lowest BCUT2D eigenvalue weighted by atomic mass is 9.60. The first-order valence-corrected chi connectivity index (χ1v) is 11.3. The molecule has 0 aliphatic heterocycles. The maximum Gasteiger partial charge on any atom is 0.258 e. The van der Waals surface area contributed by atoms with E-state index < -0.39 is 34.7 Å². The van der Waals surface area contributed by atoms with Crippen molar-refractivity contribution in [1.29, 1.82) is 0 Å². The molecule has 3 N–H and O–H groups in total. The summed E-state index contributed by atoms with van der Waals surface area (Å²) in [6, 6.07) is 9.28. The Bertz CT molecular complexity index is 1060. The van der Waals surface area contributed by atoms with Crippen LogP contribution in [0.3, 0.4) is 0 Å². The van der Waals surface area contributed by atoms with E-state index in [1.807, 2.05) is 0 Å². The van der Waals surface area contributed by atoms with Crippen LogP contribution in [0.1, 0.15) is 32.1 Å². The second-order valence-corrected chi connectivity index (χ2v) is 9.27. The van der Waals surface area contributed by atoms with E-state index in [9.17, 15) is 23.5 Å². The van der Waals surface area contributed by atoms with Crippen molar-refractivity contribution in [2.45, 2.75) is 49.3 Å². The Balaban J connectivity index is 1.27. The third-order valence-corrected chi connectivity index (χ3v) is 6.87. The molecule has 34 heavy (non-hydrogen) atoms. The normalized spacial score (nSPS) is 25.5. The number of aliphatic hydroxyl groups is 1. The van der Waals surface area contributed by atoms with Crippen molar-refractivity contribution in [1.82, 2.24) is 10.6 Å². The molecule has 3 aliphatic carbocycles. The number of ether oxygens (including phenoxy) is 2. The minimum atomic E-state index is -0.856. The van der Waals surface area contributed by atoms with Crippen molar-refractivity contribution < 1.29 is 33.0 Å². The predicted octanol–water partition coefficient (Wildman–Crippen LogP) is 3.12. The van der Waals surface area contributed by atoms with E-state index in [2.05, 4.69) is 10.6 Å². The van der Waals surface area contributed by atoms with Gasteiger partial charge in [0.2, 0.25) is 0 Å². The summed E-state index contributed by atoms with van der Waals surface area (Å²) in [5, 5.41) is 16.6. The molecular weight excluding hydrogens is 470 g/mol. The van der Waals surface area contributed by atoms with Crippen molar-refractivity contribution in [3.8, 4) is 11.5 Å². The highest BCUT2D eigenvalue weighted by molar-refractivity contribution is 6.30. The number of rotatable bonds is 8. The molecule has 3 saturated carbocycles. The first-order chi connectivity index (χ1) is 16.2. The number of halogens is 3. The molecular formula is C24H25ClF2N2O5. The van der Waals surface area contributed by atoms with Crippen LogP contribution in [0.15, 0.2) is 42.5 Å². The molecule has 2 aromatic rings. The number of aliphatic hydroxyl groups excluding tert-OH is 1. The van der Waals surface area contributed by atoms with Crippen LogP contribution in [0.2, 0.25) is 5.02 Å². The molecule has 182 valence electrons. The number of hydrogen-bond donors (Lipinski definition) is 3. The van der Waals surface area contributed by atoms with Gasteiger partial charge in [-0.15, -0.1) is 0 Å². The van der Waals surface area contributed by atoms with E-state index in [0.29, 0.717) is 37.9 Å². The van der Waals surface area contributed by atoms with Crippen molar-refractivity contribution in [3.63, 3.8) is 0 Å². The lowest BCUT2D eigenvalue weighted by molar-refractivity contribution is -0.137. The first kappa shape index (κ1) is 24.2. The van der Waals surface area contributed by atoms with Crippen molar-refractivity contribution >= 4 is 23.4 Å². The molecule has 0 spiro atoms. The van der Waals surface area contributed by atoms with Gasteiger partial charge in [0.25, 0.3) is 11.8 Å². The summed E-state index contributed by atoms with van der Waals surface area (Å²) in [5.41, 5.74) is -1.38. The molecule has 1 atom stereocenters. The average Bonchev–Trinajstić information content (AvgIpc) is 2.81. The van der Waals surface area contributed by atoms with E-state index in [4.69, 9.17) is 21.1 Å². The van der Waals surface area contributed by atoms with Gasteiger partial charge >= 0.3 is 0 Å². The topological polar surface area (TPSA) is 96.9 Å². The third-order valence-electron chi connectivity index (χ3n) is 6.56. The summed E-state index contributed by atoms with van der Waals surface area (Å²) >= 11 is 5.64. The van der Waals surface area contributed by atoms with Gasteiger partial charge in [0, 0.05) is 11.6 Å². The maximum atomic E-state index is 13.5. The number of amides is 2. The molecule has 10 heteroatoms. The van der Waals surface area contributed by atoms with Crippen LogP contribution < -0.4 is 20.1 Å². The number of fused-ring (bicyclic) bond motifs is 3. The van der Waals surface area contributed by atoms with Gasteiger partial charge in [0.1, 0.15) is 23.1 Å². The van der Waals surface area contributed by atoms with E-state index in [1.54, 1.807) is 0 Å². The summed E-state index contributed by atoms with van der Waals surface area (Å²) in [4.78, 5) is 24.9. The molecule has 0 saturated heterocycles. The molecule has 2 amide bonds. The van der Waals surface area contributed by atoms with Gasteiger partial charge in [-0.3, -0.25) is 9.59 Å². The van der Waals surface area contributed by atoms with E-state index in [0.717, 1.165) is 6.07 Å². The minimum absolute atomic E-state index is 0.0409. The molecule has 0 aromatic heterocycles. The number of benzene rings is 2. The van der Waals surface area contributed by atoms with E-state index in [1.165, 1.54) is 36.4 Å². The minimum Gasteiger partial charge on any atom is -0.484 e. The number of nitrogens with one attached hydrogen (secondary N) is 2. The Labute approximate surface area is 200 Å². The standard InChI is InChI=1S/C24H25ClF2N2O5/c25-18-6-5-17(11-19(18)27)34-14-22(32)29-24-9-7-23(8-10-24,12-20(24)30)28-21(31)13-33-16-3-1-15(26)2-4-16/h1-6,11,20,30H,7-10,12-14H2,(H,28,31)(H,29,32). The lowest BCUT2D eigenvalue weighted by Crippen LogP contribution is -2.70. The highest BCUT2D eigenvalue weighted by atomic mass is 35.5. The summed E-state index contributed by atoms with van der Waals surface area (Å²) in [6.07, 6.45) is 1.55. The van der Waals surface area contributed by atoms with Gasteiger partial charge in [-0.2, -0.15) is 0 Å². The molecule has 5 rings (SSSR count). The Morgan fingerprint density at radius 3 is 2.15 bits per heavy atom. The molecule has 0 radical (unpaired) electrons. The SMILES string of the molecule is O=C(COc1ccc(F)cc1)NC12CCC(NC(=O)COc3ccc(Cl)c(F)c3)(CC1)C(O)C2. The fourth-order valence-corrected chi connectivity index (χ4v) is 4.82. The molecule has 1 unspecified atom stereocenters. The number of hydrogen-bond acceptors (Lipinski definition) is 5. The molecule has 2 bridgehead atoms. The Kier molecular flexibility index (Phi) is 6.95. The zero-order valence-electron chi connectivity index (χ0n) is 18.3. The van der Waals surface area contributed by atoms with Crippen molar-refractivity contribution in [2.75, 3.05) is 13.2 Å². The van der Waals surface area contributed by atoms with Gasteiger partial charge in [-0.05, 0) is 68.5 Å². The van der Waals surface area contributed by atoms with Crippen LogP contribution in [0, 0.1) is 11.6 Å². The van der Waals surface area contributed by atoms with Crippen LogP contribution in [0.5, 0.6) is 11.5 Å². The Morgan fingerprint density at radius 1 is 0.941 bits per heavy atom. The van der Waals surface area contributed by atoms with Gasteiger partial charge in [-0.1, -0.05) is 11.6 Å². The van der Waals surface area contributed by atoms with Gasteiger partial charge in [0.15, 0.2) is 13.2 Å². The van der Waals surface area contributed by atoms with Crippen molar-refractivity contribution in [3.05, 3.63) is 59.1 Å². The first-order valence-electron chi connectivity index (χ1n) is 11.0. The van der Waals surface area contributed by atoms with Crippen LogP contribution in [-0.2, 0) is 9.59 Å². The molecule has 3 fully saturated rings. The third kappa shape index (κ3) is 5.42. The van der Waals surface area contributed by atoms with E-state index in [-0.39, 0.29) is 29.9 Å². The summed E-state index contributed by atoms with van der Waals surface area (Å²) in [6.45, 7) is -0.563. The monoisotopic (exact) mass is 494 g/mol. The summed E-state index contributed by atoms with van der Waals surface area (Å²) in [7, 11) is 0. The van der Waals surface area contributed by atoms with Crippen LogP contribution in [0.25, 0.3) is 0 Å². The van der Waals surface area contributed by atoms with Crippen LogP contribution >= 0.6 is 11.6 Å². The fourth-order valence-electron chi connectivity index (χ4n) is 4.70. The van der Waals surface area contributed by atoms with Gasteiger partial charge < -0.3 is 25.2 Å². The summed E-state index contributed by atoms with van der Waals surface area (Å²) in [5.74, 6) is -1.25. The molecule has 7 nitrogen and oxygen atoms in total. The Hall–Kier alpha value is -2.91. The maximum absolute atomic E-state index is 13.5. The highest BCUT2D eigenvalue weighted by Gasteiger charge is 2.55. The average molecular weight is 495 g/mol. The highest BCUT2D eigenvalue weighted by Crippen LogP contribution is 2.47. The Morgan fingerprint density at radius 2 is 1.53 bits per heavy atom. The number of carbonyl (C=O) groups is 2. The summed E-state index contributed by atoms with van der Waals surface area (Å²) < 4.78 is 37.2. The zero-order valence-corrected chi connectivity index (χ0v) is 19.0. The lowest BCUT2D eigenvalue weighted by Gasteiger charge is -2.56.